The van der Waals surface area contributed by atoms with Gasteiger partial charge in [-0.25, -0.2) is 0 Å². The predicted octanol–water partition coefficient (Wildman–Crippen LogP) is 4.51. The van der Waals surface area contributed by atoms with E-state index in [1.165, 1.54) is 20.9 Å². The molecule has 2 rings (SSSR count). The third-order valence-corrected chi connectivity index (χ3v) is 4.10. The van der Waals surface area contributed by atoms with Gasteiger partial charge >= 0.3 is 0 Å². The maximum absolute atomic E-state index is 9.48. The molecule has 2 aromatic carbocycles. The van der Waals surface area contributed by atoms with Crippen LogP contribution in [0.25, 0.3) is 0 Å². The normalized spacial score (nSPS) is 12.4. The van der Waals surface area contributed by atoms with Crippen LogP contribution in [0.3, 0.4) is 0 Å². The highest BCUT2D eigenvalue weighted by molar-refractivity contribution is 7.99. The minimum absolute atomic E-state index is 0.398. The summed E-state index contributed by atoms with van der Waals surface area (Å²) < 4.78 is 0. The Hall–Kier alpha value is -1.25. The lowest BCUT2D eigenvalue weighted by atomic mass is 10.1. The second-order valence-corrected chi connectivity index (χ2v) is 5.73. The van der Waals surface area contributed by atoms with Crippen LogP contribution in [0.2, 0.25) is 0 Å². The first-order chi connectivity index (χ1) is 8.56. The smallest absolute Gasteiger partial charge is 0.0761 e. The van der Waals surface area contributed by atoms with E-state index in [1.807, 2.05) is 12.1 Å². The fourth-order valence-corrected chi connectivity index (χ4v) is 2.76. The van der Waals surface area contributed by atoms with Crippen molar-refractivity contribution in [1.82, 2.24) is 0 Å². The maximum atomic E-state index is 9.48. The molecule has 0 saturated heterocycles. The highest BCUT2D eigenvalue weighted by atomic mass is 32.2. The quantitative estimate of drug-likeness (QED) is 0.874. The zero-order valence-electron chi connectivity index (χ0n) is 11.0. The van der Waals surface area contributed by atoms with Crippen LogP contribution in [0.15, 0.2) is 52.3 Å². The highest BCUT2D eigenvalue weighted by Crippen LogP contribution is 2.31. The monoisotopic (exact) mass is 258 g/mol. The van der Waals surface area contributed by atoms with Crippen LogP contribution in [0, 0.1) is 13.8 Å². The van der Waals surface area contributed by atoms with Crippen LogP contribution >= 0.6 is 11.8 Å². The summed E-state index contributed by atoms with van der Waals surface area (Å²) in [6.45, 7) is 6.03. The van der Waals surface area contributed by atoms with Crippen molar-refractivity contribution in [2.24, 2.45) is 0 Å². The van der Waals surface area contributed by atoms with E-state index in [0.717, 1.165) is 5.56 Å². The highest BCUT2D eigenvalue weighted by Gasteiger charge is 2.04. The van der Waals surface area contributed by atoms with E-state index in [9.17, 15) is 5.11 Å². The van der Waals surface area contributed by atoms with E-state index >= 15 is 0 Å². The summed E-state index contributed by atoms with van der Waals surface area (Å²) in [5, 5.41) is 9.48. The van der Waals surface area contributed by atoms with Crippen molar-refractivity contribution < 1.29 is 5.11 Å². The molecule has 1 N–H and O–H groups in total. The van der Waals surface area contributed by atoms with E-state index in [-0.39, 0.29) is 0 Å². The molecule has 0 unspecified atom stereocenters. The molecule has 0 aromatic heterocycles. The summed E-state index contributed by atoms with van der Waals surface area (Å²) in [5.74, 6) is 0. The fourth-order valence-electron chi connectivity index (χ4n) is 1.76. The van der Waals surface area contributed by atoms with Gasteiger partial charge in [0.25, 0.3) is 0 Å². The lowest BCUT2D eigenvalue weighted by Crippen LogP contribution is -1.89. The van der Waals surface area contributed by atoms with Crippen LogP contribution in [0.5, 0.6) is 0 Å². The fraction of sp³-hybridized carbons (Fsp3) is 0.250. The van der Waals surface area contributed by atoms with Gasteiger partial charge in [0, 0.05) is 9.79 Å². The van der Waals surface area contributed by atoms with Gasteiger partial charge in [-0.05, 0) is 55.7 Å². The topological polar surface area (TPSA) is 20.2 Å². The van der Waals surface area contributed by atoms with E-state index < -0.39 is 6.10 Å². The average molecular weight is 258 g/mol. The molecule has 2 heteroatoms. The Kier molecular flexibility index (Phi) is 4.10. The third kappa shape index (κ3) is 3.15. The number of rotatable bonds is 3. The molecule has 0 aliphatic heterocycles. The van der Waals surface area contributed by atoms with E-state index in [0.29, 0.717) is 0 Å². The summed E-state index contributed by atoms with van der Waals surface area (Å²) in [4.78, 5) is 2.49. The molecule has 0 spiro atoms. The van der Waals surface area contributed by atoms with Crippen molar-refractivity contribution >= 4 is 11.8 Å². The molecule has 0 amide bonds. The van der Waals surface area contributed by atoms with Crippen LogP contribution < -0.4 is 0 Å². The number of aliphatic hydroxyl groups excluding tert-OH is 1. The summed E-state index contributed by atoms with van der Waals surface area (Å²) in [7, 11) is 0. The number of aliphatic hydroxyl groups is 1. The molecule has 0 aliphatic carbocycles. The minimum atomic E-state index is -0.398. The second kappa shape index (κ2) is 5.59. The Balaban J connectivity index is 2.21. The van der Waals surface area contributed by atoms with Gasteiger partial charge in [0.05, 0.1) is 6.10 Å². The first-order valence-electron chi connectivity index (χ1n) is 6.09. The van der Waals surface area contributed by atoms with E-state index in [4.69, 9.17) is 0 Å². The van der Waals surface area contributed by atoms with Crippen molar-refractivity contribution in [2.45, 2.75) is 36.7 Å². The van der Waals surface area contributed by atoms with E-state index in [1.54, 1.807) is 18.7 Å². The summed E-state index contributed by atoms with van der Waals surface area (Å²) in [6.07, 6.45) is -0.398. The van der Waals surface area contributed by atoms with Crippen molar-refractivity contribution in [3.05, 3.63) is 59.2 Å². The molecule has 94 valence electrons. The van der Waals surface area contributed by atoms with Gasteiger partial charge in [-0.1, -0.05) is 36.0 Å². The predicted molar refractivity (Wildman–Crippen MR) is 77.1 cm³/mol. The first kappa shape index (κ1) is 13.2. The van der Waals surface area contributed by atoms with Crippen LogP contribution in [0.1, 0.15) is 29.7 Å². The number of benzene rings is 2. The third-order valence-electron chi connectivity index (χ3n) is 2.93. The molecule has 0 aliphatic rings. The number of hydrogen-bond acceptors (Lipinski definition) is 2. The van der Waals surface area contributed by atoms with Gasteiger partial charge in [0.1, 0.15) is 0 Å². The van der Waals surface area contributed by atoms with Gasteiger partial charge in [0.15, 0.2) is 0 Å². The first-order valence-corrected chi connectivity index (χ1v) is 6.91. The number of aryl methyl sites for hydroxylation is 2. The Morgan fingerprint density at radius 2 is 1.67 bits per heavy atom. The molecular formula is C16H18OS. The zero-order valence-corrected chi connectivity index (χ0v) is 11.8. The van der Waals surface area contributed by atoms with Crippen LogP contribution in [-0.2, 0) is 0 Å². The summed E-state index contributed by atoms with van der Waals surface area (Å²) in [5.41, 5.74) is 3.54. The largest absolute Gasteiger partial charge is 0.389 e. The molecule has 0 bridgehead atoms. The van der Waals surface area contributed by atoms with Gasteiger partial charge in [0.2, 0.25) is 0 Å². The van der Waals surface area contributed by atoms with Crippen molar-refractivity contribution in [3.8, 4) is 0 Å². The van der Waals surface area contributed by atoms with Gasteiger partial charge in [-0.3, -0.25) is 0 Å². The number of hydrogen-bond donors (Lipinski definition) is 1. The summed E-state index contributed by atoms with van der Waals surface area (Å²) >= 11 is 1.77. The van der Waals surface area contributed by atoms with Gasteiger partial charge < -0.3 is 5.11 Å². The molecule has 1 nitrogen and oxygen atoms in total. The lowest BCUT2D eigenvalue weighted by molar-refractivity contribution is 0.199. The molecule has 0 saturated carbocycles. The van der Waals surface area contributed by atoms with Crippen LogP contribution in [0.4, 0.5) is 0 Å². The Morgan fingerprint density at radius 1 is 1.00 bits per heavy atom. The molecule has 0 fully saturated rings. The van der Waals surface area contributed by atoms with Crippen molar-refractivity contribution in [2.75, 3.05) is 0 Å². The Labute approximate surface area is 113 Å². The average Bonchev–Trinajstić information content (AvgIpc) is 2.34. The molecule has 18 heavy (non-hydrogen) atoms. The van der Waals surface area contributed by atoms with Crippen molar-refractivity contribution in [1.29, 1.82) is 0 Å². The lowest BCUT2D eigenvalue weighted by Gasteiger charge is -2.08. The van der Waals surface area contributed by atoms with Gasteiger partial charge in [-0.2, -0.15) is 0 Å². The molecular weight excluding hydrogens is 240 g/mol. The van der Waals surface area contributed by atoms with Crippen molar-refractivity contribution in [3.63, 3.8) is 0 Å². The summed E-state index contributed by atoms with van der Waals surface area (Å²) in [6, 6.07) is 14.6. The molecule has 0 heterocycles. The van der Waals surface area contributed by atoms with Gasteiger partial charge in [-0.15, -0.1) is 0 Å². The van der Waals surface area contributed by atoms with E-state index in [2.05, 4.69) is 44.2 Å². The SMILES string of the molecule is Cc1ccc(C)c(Sc2ccc([C@@H](C)O)cc2)c1. The molecule has 0 radical (unpaired) electrons. The standard InChI is InChI=1S/C16H18OS/c1-11-4-5-12(2)16(10-11)18-15-8-6-14(7-9-15)13(3)17/h4-10,13,17H,1-3H3/t13-/m1/s1. The maximum Gasteiger partial charge on any atom is 0.0761 e. The Bertz CT molecular complexity index is 529. The molecule has 2 aromatic rings. The minimum Gasteiger partial charge on any atom is -0.389 e. The van der Waals surface area contributed by atoms with Crippen LogP contribution in [-0.4, -0.2) is 5.11 Å². The zero-order chi connectivity index (χ0) is 13.1. The Morgan fingerprint density at radius 3 is 2.28 bits per heavy atom. The molecule has 1 atom stereocenters. The second-order valence-electron chi connectivity index (χ2n) is 4.62.